The van der Waals surface area contributed by atoms with Crippen LogP contribution in [0.2, 0.25) is 5.02 Å². The Morgan fingerprint density at radius 2 is 1.63 bits per heavy atom. The molecule has 0 atom stereocenters. The van der Waals surface area contributed by atoms with E-state index in [-0.39, 0.29) is 41.8 Å². The van der Waals surface area contributed by atoms with E-state index in [0.29, 0.717) is 51.7 Å². The molecule has 2 aliphatic carbocycles. The zero-order chi connectivity index (χ0) is 25.7. The minimum atomic E-state index is -1.27. The molecule has 1 heterocycles. The van der Waals surface area contributed by atoms with Crippen LogP contribution in [0.3, 0.4) is 0 Å². The first-order valence-electron chi connectivity index (χ1n) is 11.7. The number of carboxylic acid groups (broad SMARTS) is 1. The molecule has 1 aromatic carbocycles. The van der Waals surface area contributed by atoms with Gasteiger partial charge >= 0.3 is 0 Å². The Labute approximate surface area is 211 Å². The number of benzene rings is 1. The van der Waals surface area contributed by atoms with Crippen LogP contribution in [0.4, 0.5) is 0 Å². The summed E-state index contributed by atoms with van der Waals surface area (Å²) in [5.41, 5.74) is 1.99. The Morgan fingerprint density at radius 3 is 2.11 bits per heavy atom. The predicted octanol–water partition coefficient (Wildman–Crippen LogP) is 3.79. The molecule has 3 aliphatic rings. The number of carboxylic acids is 1. The van der Waals surface area contributed by atoms with Crippen LogP contribution in [0, 0.1) is 23.2 Å². The summed E-state index contributed by atoms with van der Waals surface area (Å²) in [6.07, 6.45) is 6.97. The van der Waals surface area contributed by atoms with Crippen LogP contribution in [0.25, 0.3) is 0 Å². The normalized spacial score (nSPS) is 21.4. The van der Waals surface area contributed by atoms with Gasteiger partial charge in [0, 0.05) is 51.9 Å². The van der Waals surface area contributed by atoms with Gasteiger partial charge in [-0.2, -0.15) is 0 Å². The van der Waals surface area contributed by atoms with E-state index < -0.39 is 18.4 Å². The molecule has 0 unspecified atom stereocenters. The number of carbonyl (C=O) groups is 3. The topological polar surface area (TPSA) is 86.7 Å². The summed E-state index contributed by atoms with van der Waals surface area (Å²) in [6, 6.07) is 5.07. The van der Waals surface area contributed by atoms with E-state index in [4.69, 9.17) is 22.8 Å². The predicted molar refractivity (Wildman–Crippen MR) is 130 cm³/mol. The molecule has 4 rings (SSSR count). The molecular weight excluding hydrogens is 466 g/mol. The molecule has 6 nitrogen and oxygen atoms in total. The molecule has 0 amide bonds. The fourth-order valence-corrected chi connectivity index (χ4v) is 5.86. The van der Waals surface area contributed by atoms with Crippen LogP contribution in [0.1, 0.15) is 64.9 Å². The maximum atomic E-state index is 13.7. The molecule has 184 valence electrons. The summed E-state index contributed by atoms with van der Waals surface area (Å²) in [6.45, 7) is 7.54. The van der Waals surface area contributed by atoms with Gasteiger partial charge in [0.25, 0.3) is 0 Å². The molecule has 1 aromatic rings. The van der Waals surface area contributed by atoms with Gasteiger partial charge in [-0.15, -0.1) is 6.42 Å². The number of hydrogen-bond donors (Lipinski definition) is 0. The van der Waals surface area contributed by atoms with Crippen LogP contribution in [-0.4, -0.2) is 35.6 Å². The van der Waals surface area contributed by atoms with Crippen LogP contribution >= 0.6 is 11.6 Å². The highest BCUT2D eigenvalue weighted by Crippen LogP contribution is 2.55. The molecule has 35 heavy (non-hydrogen) atoms. The summed E-state index contributed by atoms with van der Waals surface area (Å²) < 4.78 is 5.82. The van der Waals surface area contributed by atoms with Crippen molar-refractivity contribution in [3.05, 3.63) is 51.3 Å². The number of nitrogens with zero attached hydrogens (tertiary/aromatic N) is 1. The first kappa shape index (κ1) is 25.1. The number of aliphatic carboxylic acids is 1. The van der Waals surface area contributed by atoms with Gasteiger partial charge in [0.1, 0.15) is 12.4 Å². The van der Waals surface area contributed by atoms with Crippen molar-refractivity contribution >= 4 is 29.1 Å². The van der Waals surface area contributed by atoms with Gasteiger partial charge in [0.2, 0.25) is 0 Å². The molecule has 0 bridgehead atoms. The number of halogens is 1. The van der Waals surface area contributed by atoms with Crippen molar-refractivity contribution in [2.45, 2.75) is 59.3 Å². The number of ketones is 2. The van der Waals surface area contributed by atoms with Crippen molar-refractivity contribution in [1.82, 2.24) is 4.90 Å². The van der Waals surface area contributed by atoms with Crippen LogP contribution < -0.4 is 9.84 Å². The van der Waals surface area contributed by atoms with E-state index in [1.165, 1.54) is 0 Å². The van der Waals surface area contributed by atoms with E-state index in [9.17, 15) is 19.5 Å². The molecule has 0 fully saturated rings. The summed E-state index contributed by atoms with van der Waals surface area (Å²) in [4.78, 5) is 40.9. The third-order valence-electron chi connectivity index (χ3n) is 6.90. The van der Waals surface area contributed by atoms with Crippen molar-refractivity contribution in [2.24, 2.45) is 10.8 Å². The summed E-state index contributed by atoms with van der Waals surface area (Å²) in [7, 11) is 0. The monoisotopic (exact) mass is 494 g/mol. The van der Waals surface area contributed by atoms with Gasteiger partial charge in [-0.05, 0) is 41.9 Å². The second-order valence-corrected chi connectivity index (χ2v) is 11.6. The van der Waals surface area contributed by atoms with Crippen LogP contribution in [-0.2, 0) is 14.4 Å². The lowest BCUT2D eigenvalue weighted by atomic mass is 9.63. The Kier molecular flexibility index (Phi) is 6.36. The minimum absolute atomic E-state index is 0.0118. The van der Waals surface area contributed by atoms with E-state index in [2.05, 4.69) is 5.92 Å². The van der Waals surface area contributed by atoms with Gasteiger partial charge in [-0.3, -0.25) is 9.59 Å². The average molecular weight is 495 g/mol. The first-order chi connectivity index (χ1) is 16.3. The second-order valence-electron chi connectivity index (χ2n) is 11.2. The Bertz CT molecular complexity index is 1180. The number of allylic oxidation sites excluding steroid dienone is 4. The number of rotatable bonds is 5. The molecule has 7 heteroatoms. The highest BCUT2D eigenvalue weighted by molar-refractivity contribution is 6.30. The maximum Gasteiger partial charge on any atom is 0.162 e. The first-order valence-corrected chi connectivity index (χ1v) is 12.1. The molecule has 0 saturated carbocycles. The Morgan fingerprint density at radius 1 is 1.09 bits per heavy atom. The lowest BCUT2D eigenvalue weighted by Crippen LogP contribution is -2.47. The second kappa shape index (κ2) is 8.87. The molecule has 0 radical (unpaired) electrons. The largest absolute Gasteiger partial charge is 0.548 e. The smallest absolute Gasteiger partial charge is 0.162 e. The van der Waals surface area contributed by atoms with E-state index >= 15 is 0 Å². The van der Waals surface area contributed by atoms with Gasteiger partial charge in [-0.25, -0.2) is 0 Å². The Balaban J connectivity index is 2.04. The highest BCUT2D eigenvalue weighted by atomic mass is 35.5. The molecule has 0 spiro atoms. The molecule has 0 aromatic heterocycles. The molecule has 1 aliphatic heterocycles. The van der Waals surface area contributed by atoms with Crippen LogP contribution in [0.15, 0.2) is 40.7 Å². The van der Waals surface area contributed by atoms with E-state index in [1.54, 1.807) is 23.1 Å². The number of ether oxygens (including phenoxy) is 1. The summed E-state index contributed by atoms with van der Waals surface area (Å²) in [5, 5.41) is 12.3. The summed E-state index contributed by atoms with van der Waals surface area (Å²) in [5.74, 6) is 0.683. The zero-order valence-corrected chi connectivity index (χ0v) is 21.3. The lowest BCUT2D eigenvalue weighted by Gasteiger charge is -2.49. The molecular formula is C28H29ClNO5-. The standard InChI is InChI=1S/C28H30ClNO5/c1-6-9-35-22-8-7-16(29)10-17(22)24-25-18(11-27(2,3)13-20(25)31)30(15-23(33)34)19-12-28(4,5)14-21(32)26(19)24/h1,7-8,10,24H,9,11-15H2,2-5H3,(H,33,34)/p-1. The quantitative estimate of drug-likeness (QED) is 0.579. The summed E-state index contributed by atoms with van der Waals surface area (Å²) >= 11 is 6.39. The van der Waals surface area contributed by atoms with Gasteiger partial charge < -0.3 is 19.5 Å². The Hall–Kier alpha value is -3.04. The lowest BCUT2D eigenvalue weighted by molar-refractivity contribution is -0.305. The number of terminal acetylenes is 1. The minimum Gasteiger partial charge on any atom is -0.548 e. The van der Waals surface area contributed by atoms with Crippen molar-refractivity contribution in [1.29, 1.82) is 0 Å². The zero-order valence-electron chi connectivity index (χ0n) is 20.5. The third kappa shape index (κ3) is 4.75. The van der Waals surface area contributed by atoms with Crippen molar-refractivity contribution in [3.63, 3.8) is 0 Å². The number of carbonyl (C=O) groups excluding carboxylic acids is 3. The average Bonchev–Trinajstić information content (AvgIpc) is 2.72. The number of Topliss-reactive ketones (excluding diaryl/α,β-unsaturated/α-hetero) is 2. The van der Waals surface area contributed by atoms with Crippen molar-refractivity contribution in [3.8, 4) is 18.1 Å². The van der Waals surface area contributed by atoms with E-state index in [0.717, 1.165) is 0 Å². The maximum absolute atomic E-state index is 13.7. The fourth-order valence-electron chi connectivity index (χ4n) is 5.67. The van der Waals surface area contributed by atoms with Crippen molar-refractivity contribution in [2.75, 3.05) is 13.2 Å². The van der Waals surface area contributed by atoms with E-state index in [1.807, 2.05) is 27.7 Å². The highest BCUT2D eigenvalue weighted by Gasteiger charge is 2.49. The molecule has 0 saturated heterocycles. The van der Waals surface area contributed by atoms with Gasteiger partial charge in [0.05, 0.1) is 12.5 Å². The third-order valence-corrected chi connectivity index (χ3v) is 7.14. The fraction of sp³-hybridized carbons (Fsp3) is 0.464. The van der Waals surface area contributed by atoms with Gasteiger partial charge in [0.15, 0.2) is 11.6 Å². The number of hydrogen-bond acceptors (Lipinski definition) is 6. The SMILES string of the molecule is C#CCOc1ccc(Cl)cc1C1C2=C(CC(C)(C)CC2=O)N(CC(=O)[O-])C2=C1C(=O)CC(C)(C)C2. The van der Waals surface area contributed by atoms with Gasteiger partial charge in [-0.1, -0.05) is 45.2 Å². The molecule has 0 N–H and O–H groups in total. The van der Waals surface area contributed by atoms with Crippen LogP contribution in [0.5, 0.6) is 5.75 Å². The van der Waals surface area contributed by atoms with Crippen molar-refractivity contribution < 1.29 is 24.2 Å².